The molecule has 1 amide bonds. The molecule has 4 aromatic rings. The minimum Gasteiger partial charge on any atom is -0.493 e. The third-order valence-corrected chi connectivity index (χ3v) is 8.01. The average Bonchev–Trinajstić information content (AvgIpc) is 3.10. The molecule has 2 atom stereocenters. The van der Waals surface area contributed by atoms with Crippen LogP contribution in [0, 0.1) is 0 Å². The summed E-state index contributed by atoms with van der Waals surface area (Å²) in [6.45, 7) is 2.48. The molecule has 4 aromatic carbocycles. The Labute approximate surface area is 281 Å². The maximum absolute atomic E-state index is 14.2. The number of nitrogens with one attached hydrogen (secondary N) is 2. The summed E-state index contributed by atoms with van der Waals surface area (Å²) >= 11 is 0. The van der Waals surface area contributed by atoms with Crippen LogP contribution < -0.4 is 20.1 Å². The van der Waals surface area contributed by atoms with Gasteiger partial charge >= 0.3 is 11.9 Å². The van der Waals surface area contributed by atoms with E-state index < -0.39 is 35.8 Å². The Balaban J connectivity index is 1.58. The number of amides is 1. The fourth-order valence-electron chi connectivity index (χ4n) is 5.40. The number of methoxy groups -OCH3 is 2. The predicted octanol–water partition coefficient (Wildman–Crippen LogP) is 5.62. The number of carbonyl (C=O) groups excluding carboxylic acids is 2. The quantitative estimate of drug-likeness (QED) is 0.126. The molecule has 0 saturated carbocycles. The van der Waals surface area contributed by atoms with Crippen LogP contribution in [0.2, 0.25) is 0 Å². The SMILES string of the molecule is COC(=O)[C@H](Cc1ccccc1)NC(=O)[C@@](CC(=O)O)(Cc1ccccc1)NCC=C(C)c1ccc(OCc2ccccc2)c(OC)c1. The summed E-state index contributed by atoms with van der Waals surface area (Å²) in [7, 11) is 2.83. The Bertz CT molecular complexity index is 1680. The van der Waals surface area contributed by atoms with E-state index in [0.29, 0.717) is 18.1 Å². The van der Waals surface area contributed by atoms with E-state index in [4.69, 9.17) is 14.2 Å². The highest BCUT2D eigenvalue weighted by molar-refractivity contribution is 5.94. The van der Waals surface area contributed by atoms with Crippen molar-refractivity contribution in [3.8, 4) is 11.5 Å². The van der Waals surface area contributed by atoms with Gasteiger partial charge in [-0.05, 0) is 46.9 Å². The summed E-state index contributed by atoms with van der Waals surface area (Å²) in [6, 6.07) is 32.9. The molecule has 0 saturated heterocycles. The Kier molecular flexibility index (Phi) is 12.9. The van der Waals surface area contributed by atoms with E-state index in [1.165, 1.54) is 7.11 Å². The van der Waals surface area contributed by atoms with Crippen LogP contribution in [0.4, 0.5) is 0 Å². The van der Waals surface area contributed by atoms with Gasteiger partial charge in [0.05, 0.1) is 20.6 Å². The van der Waals surface area contributed by atoms with Crippen molar-refractivity contribution in [3.63, 3.8) is 0 Å². The molecule has 9 nitrogen and oxygen atoms in total. The highest BCUT2D eigenvalue weighted by Crippen LogP contribution is 2.31. The van der Waals surface area contributed by atoms with Crippen LogP contribution in [0.25, 0.3) is 5.57 Å². The summed E-state index contributed by atoms with van der Waals surface area (Å²) in [5.41, 5.74) is 2.75. The highest BCUT2D eigenvalue weighted by atomic mass is 16.5. The first-order chi connectivity index (χ1) is 23.2. The summed E-state index contributed by atoms with van der Waals surface area (Å²) in [5, 5.41) is 16.1. The molecule has 9 heteroatoms. The number of esters is 1. The second-order valence-electron chi connectivity index (χ2n) is 11.5. The number of aliphatic carboxylic acids is 1. The molecule has 0 aromatic heterocycles. The molecule has 0 aliphatic carbocycles. The number of carbonyl (C=O) groups is 3. The van der Waals surface area contributed by atoms with Crippen LogP contribution in [0.3, 0.4) is 0 Å². The van der Waals surface area contributed by atoms with Crippen LogP contribution in [-0.2, 0) is 38.6 Å². The Morgan fingerprint density at radius 2 is 1.42 bits per heavy atom. The predicted molar refractivity (Wildman–Crippen MR) is 185 cm³/mol. The monoisotopic (exact) mass is 650 g/mol. The van der Waals surface area contributed by atoms with E-state index in [0.717, 1.165) is 27.8 Å². The van der Waals surface area contributed by atoms with Gasteiger partial charge in [-0.25, -0.2) is 4.79 Å². The van der Waals surface area contributed by atoms with Gasteiger partial charge < -0.3 is 24.6 Å². The van der Waals surface area contributed by atoms with E-state index in [1.54, 1.807) is 7.11 Å². The fourth-order valence-corrected chi connectivity index (χ4v) is 5.40. The van der Waals surface area contributed by atoms with E-state index in [2.05, 4.69) is 10.6 Å². The standard InChI is InChI=1S/C39H42N2O7/c1-28(32-19-20-34(35(24-32)46-2)48-27-31-17-11-6-12-18-31)21-22-40-39(26-36(42)43,25-30-15-9-5-10-16-30)38(45)41-33(37(44)47-3)23-29-13-7-4-8-14-29/h4-21,24,33,40H,22-23,25-27H2,1-3H3,(H,41,45)(H,42,43)/t33-,39-/m0/s1. The smallest absolute Gasteiger partial charge is 0.328 e. The van der Waals surface area contributed by atoms with Crippen LogP contribution >= 0.6 is 0 Å². The molecule has 0 fully saturated rings. The Hall–Kier alpha value is -5.41. The number of carboxylic acids is 1. The van der Waals surface area contributed by atoms with Crippen molar-refractivity contribution in [2.75, 3.05) is 20.8 Å². The number of ether oxygens (including phenoxy) is 3. The first-order valence-electron chi connectivity index (χ1n) is 15.7. The average molecular weight is 651 g/mol. The molecule has 4 rings (SSSR count). The number of carboxylic acid groups (broad SMARTS) is 1. The van der Waals surface area contributed by atoms with Gasteiger partial charge in [0, 0.05) is 19.4 Å². The van der Waals surface area contributed by atoms with E-state index >= 15 is 0 Å². The molecule has 0 heterocycles. The second kappa shape index (κ2) is 17.5. The molecule has 0 aliphatic heterocycles. The van der Waals surface area contributed by atoms with Gasteiger partial charge in [0.15, 0.2) is 11.5 Å². The van der Waals surface area contributed by atoms with Crippen LogP contribution in [-0.4, -0.2) is 55.3 Å². The van der Waals surface area contributed by atoms with E-state index in [1.807, 2.05) is 122 Å². The number of benzene rings is 4. The summed E-state index contributed by atoms with van der Waals surface area (Å²) < 4.78 is 16.6. The highest BCUT2D eigenvalue weighted by Gasteiger charge is 2.42. The van der Waals surface area contributed by atoms with Crippen molar-refractivity contribution >= 4 is 23.4 Å². The van der Waals surface area contributed by atoms with Crippen molar-refractivity contribution in [1.82, 2.24) is 10.6 Å². The maximum Gasteiger partial charge on any atom is 0.328 e. The number of rotatable bonds is 17. The lowest BCUT2D eigenvalue weighted by Crippen LogP contribution is -2.62. The van der Waals surface area contributed by atoms with E-state index in [-0.39, 0.29) is 19.4 Å². The summed E-state index contributed by atoms with van der Waals surface area (Å²) in [6.07, 6.45) is 1.61. The number of hydrogen-bond acceptors (Lipinski definition) is 7. The zero-order valence-corrected chi connectivity index (χ0v) is 27.5. The molecule has 0 bridgehead atoms. The third-order valence-electron chi connectivity index (χ3n) is 8.01. The van der Waals surface area contributed by atoms with Gasteiger partial charge in [0.2, 0.25) is 5.91 Å². The van der Waals surface area contributed by atoms with Gasteiger partial charge in [-0.3, -0.25) is 14.9 Å². The zero-order chi connectivity index (χ0) is 34.4. The van der Waals surface area contributed by atoms with Crippen molar-refractivity contribution in [2.45, 2.75) is 44.4 Å². The molecule has 48 heavy (non-hydrogen) atoms. The lowest BCUT2D eigenvalue weighted by molar-refractivity contribution is -0.147. The van der Waals surface area contributed by atoms with Gasteiger partial charge in [0.1, 0.15) is 18.2 Å². The molecular weight excluding hydrogens is 608 g/mol. The zero-order valence-electron chi connectivity index (χ0n) is 27.5. The molecule has 0 spiro atoms. The third kappa shape index (κ3) is 10.0. The summed E-state index contributed by atoms with van der Waals surface area (Å²) in [5.74, 6) is -1.24. The van der Waals surface area contributed by atoms with Gasteiger partial charge in [-0.15, -0.1) is 0 Å². The Morgan fingerprint density at radius 3 is 2.00 bits per heavy atom. The maximum atomic E-state index is 14.2. The second-order valence-corrected chi connectivity index (χ2v) is 11.5. The lowest BCUT2D eigenvalue weighted by Gasteiger charge is -2.34. The van der Waals surface area contributed by atoms with Gasteiger partial charge in [-0.1, -0.05) is 103 Å². The molecule has 3 N–H and O–H groups in total. The minimum atomic E-state index is -1.60. The first-order valence-corrected chi connectivity index (χ1v) is 15.7. The van der Waals surface area contributed by atoms with Crippen LogP contribution in [0.15, 0.2) is 115 Å². The fraction of sp³-hybridized carbons (Fsp3) is 0.256. The number of hydrogen-bond donors (Lipinski definition) is 3. The van der Waals surface area contributed by atoms with Gasteiger partial charge in [-0.2, -0.15) is 0 Å². The number of allylic oxidation sites excluding steroid dienone is 1. The molecular formula is C39H42N2O7. The molecule has 0 radical (unpaired) electrons. The lowest BCUT2D eigenvalue weighted by atomic mass is 9.85. The largest absolute Gasteiger partial charge is 0.493 e. The molecule has 250 valence electrons. The van der Waals surface area contributed by atoms with Crippen molar-refractivity contribution in [1.29, 1.82) is 0 Å². The molecule has 0 unspecified atom stereocenters. The minimum absolute atomic E-state index is 0.0688. The van der Waals surface area contributed by atoms with Crippen molar-refractivity contribution in [3.05, 3.63) is 138 Å². The summed E-state index contributed by atoms with van der Waals surface area (Å²) in [4.78, 5) is 39.3. The van der Waals surface area contributed by atoms with Crippen LogP contribution in [0.1, 0.15) is 35.6 Å². The van der Waals surface area contributed by atoms with Gasteiger partial charge in [0.25, 0.3) is 0 Å². The van der Waals surface area contributed by atoms with E-state index in [9.17, 15) is 19.5 Å². The van der Waals surface area contributed by atoms with Crippen molar-refractivity contribution < 1.29 is 33.7 Å². The van der Waals surface area contributed by atoms with Crippen LogP contribution in [0.5, 0.6) is 11.5 Å². The molecule has 0 aliphatic rings. The van der Waals surface area contributed by atoms with Crippen molar-refractivity contribution in [2.24, 2.45) is 0 Å². The Morgan fingerprint density at radius 1 is 0.812 bits per heavy atom. The normalized spacial score (nSPS) is 13.1. The topological polar surface area (TPSA) is 123 Å². The first kappa shape index (κ1) is 35.4.